The highest BCUT2D eigenvalue weighted by Gasteiger charge is 2.07. The van der Waals surface area contributed by atoms with E-state index in [2.05, 4.69) is 31.3 Å². The molecule has 0 aliphatic rings. The molecule has 0 radical (unpaired) electrons. The summed E-state index contributed by atoms with van der Waals surface area (Å²) in [5, 5.41) is 5.66. The molecule has 1 N–H and O–H groups in total. The van der Waals surface area contributed by atoms with E-state index in [4.69, 9.17) is 9.15 Å². The van der Waals surface area contributed by atoms with Crippen LogP contribution in [0.3, 0.4) is 0 Å². The van der Waals surface area contributed by atoms with Gasteiger partial charge in [0.25, 0.3) is 0 Å². The van der Waals surface area contributed by atoms with Gasteiger partial charge in [-0.1, -0.05) is 25.1 Å². The molecule has 0 amide bonds. The highest BCUT2D eigenvalue weighted by Crippen LogP contribution is 2.31. The van der Waals surface area contributed by atoms with Gasteiger partial charge in [0, 0.05) is 23.4 Å². The standard InChI is InChI=1S/C18H21NO2/c1-3-13(2)19-10-11-20-14-8-9-18-16(12-14)15-6-4-5-7-17(15)21-18/h4-9,12-13,19H,3,10-11H2,1-2H3. The molecule has 0 spiro atoms. The second-order valence-electron chi connectivity index (χ2n) is 5.37. The number of fused-ring (bicyclic) bond motifs is 3. The van der Waals surface area contributed by atoms with Gasteiger partial charge in [-0.15, -0.1) is 0 Å². The fourth-order valence-electron chi connectivity index (χ4n) is 2.41. The van der Waals surface area contributed by atoms with Crippen molar-refractivity contribution in [3.63, 3.8) is 0 Å². The van der Waals surface area contributed by atoms with Crippen LogP contribution in [-0.2, 0) is 0 Å². The summed E-state index contributed by atoms with van der Waals surface area (Å²) in [4.78, 5) is 0. The van der Waals surface area contributed by atoms with Gasteiger partial charge in [-0.3, -0.25) is 0 Å². The van der Waals surface area contributed by atoms with Crippen molar-refractivity contribution in [2.45, 2.75) is 26.3 Å². The first-order chi connectivity index (χ1) is 10.3. The van der Waals surface area contributed by atoms with E-state index in [9.17, 15) is 0 Å². The molecule has 0 saturated heterocycles. The maximum atomic E-state index is 5.82. The highest BCUT2D eigenvalue weighted by molar-refractivity contribution is 6.05. The molecule has 0 saturated carbocycles. The number of furan rings is 1. The van der Waals surface area contributed by atoms with Crippen molar-refractivity contribution in [2.75, 3.05) is 13.2 Å². The van der Waals surface area contributed by atoms with E-state index in [0.29, 0.717) is 12.6 Å². The van der Waals surface area contributed by atoms with Crippen LogP contribution in [0.1, 0.15) is 20.3 Å². The van der Waals surface area contributed by atoms with Gasteiger partial charge < -0.3 is 14.5 Å². The molecule has 3 nitrogen and oxygen atoms in total. The van der Waals surface area contributed by atoms with Gasteiger partial charge in [-0.2, -0.15) is 0 Å². The predicted molar refractivity (Wildman–Crippen MR) is 87.0 cm³/mol. The molecule has 0 fully saturated rings. The zero-order chi connectivity index (χ0) is 14.7. The maximum Gasteiger partial charge on any atom is 0.135 e. The van der Waals surface area contributed by atoms with Crippen molar-refractivity contribution in [3.05, 3.63) is 42.5 Å². The van der Waals surface area contributed by atoms with Crippen LogP contribution in [0.2, 0.25) is 0 Å². The fraction of sp³-hybridized carbons (Fsp3) is 0.333. The Hall–Kier alpha value is -2.00. The van der Waals surface area contributed by atoms with Gasteiger partial charge in [0.1, 0.15) is 23.5 Å². The summed E-state index contributed by atoms with van der Waals surface area (Å²) in [6.45, 7) is 5.89. The van der Waals surface area contributed by atoms with Crippen LogP contribution in [0, 0.1) is 0 Å². The Morgan fingerprint density at radius 2 is 1.90 bits per heavy atom. The Balaban J connectivity index is 1.73. The average molecular weight is 283 g/mol. The van der Waals surface area contributed by atoms with E-state index in [1.807, 2.05) is 30.3 Å². The molecule has 1 atom stereocenters. The minimum Gasteiger partial charge on any atom is -0.492 e. The van der Waals surface area contributed by atoms with Crippen molar-refractivity contribution in [3.8, 4) is 5.75 Å². The summed E-state index contributed by atoms with van der Waals surface area (Å²) in [7, 11) is 0. The number of benzene rings is 2. The summed E-state index contributed by atoms with van der Waals surface area (Å²) in [5.41, 5.74) is 1.82. The van der Waals surface area contributed by atoms with Gasteiger partial charge in [0.05, 0.1) is 0 Å². The van der Waals surface area contributed by atoms with Crippen molar-refractivity contribution < 1.29 is 9.15 Å². The smallest absolute Gasteiger partial charge is 0.135 e. The lowest BCUT2D eigenvalue weighted by Gasteiger charge is -2.11. The lowest BCUT2D eigenvalue weighted by Crippen LogP contribution is -2.29. The molecule has 0 aliphatic carbocycles. The van der Waals surface area contributed by atoms with E-state index >= 15 is 0 Å². The van der Waals surface area contributed by atoms with Crippen LogP contribution >= 0.6 is 0 Å². The monoisotopic (exact) mass is 283 g/mol. The topological polar surface area (TPSA) is 34.4 Å². The van der Waals surface area contributed by atoms with Gasteiger partial charge in [-0.25, -0.2) is 0 Å². The summed E-state index contributed by atoms with van der Waals surface area (Å²) >= 11 is 0. The lowest BCUT2D eigenvalue weighted by atomic mass is 10.1. The van der Waals surface area contributed by atoms with Crippen LogP contribution in [0.25, 0.3) is 21.9 Å². The third kappa shape index (κ3) is 3.03. The molecule has 1 unspecified atom stereocenters. The Bertz CT molecular complexity index is 732. The Morgan fingerprint density at radius 1 is 1.10 bits per heavy atom. The first-order valence-corrected chi connectivity index (χ1v) is 7.55. The summed E-state index contributed by atoms with van der Waals surface area (Å²) < 4.78 is 11.6. The van der Waals surface area contributed by atoms with Crippen molar-refractivity contribution in [1.29, 1.82) is 0 Å². The van der Waals surface area contributed by atoms with Crippen LogP contribution in [0.15, 0.2) is 46.9 Å². The summed E-state index contributed by atoms with van der Waals surface area (Å²) in [5.74, 6) is 0.889. The van der Waals surface area contributed by atoms with Crippen molar-refractivity contribution in [2.24, 2.45) is 0 Å². The predicted octanol–water partition coefficient (Wildman–Crippen LogP) is 4.35. The van der Waals surface area contributed by atoms with Crippen molar-refractivity contribution >= 4 is 21.9 Å². The normalized spacial score (nSPS) is 12.9. The van der Waals surface area contributed by atoms with E-state index in [-0.39, 0.29) is 0 Å². The van der Waals surface area contributed by atoms with Gasteiger partial charge >= 0.3 is 0 Å². The second kappa shape index (κ2) is 6.19. The molecule has 2 aromatic carbocycles. The number of para-hydroxylation sites is 1. The molecule has 1 heterocycles. The largest absolute Gasteiger partial charge is 0.492 e. The first kappa shape index (κ1) is 14.0. The van der Waals surface area contributed by atoms with Gasteiger partial charge in [0.2, 0.25) is 0 Å². The van der Waals surface area contributed by atoms with E-state index < -0.39 is 0 Å². The number of rotatable bonds is 6. The van der Waals surface area contributed by atoms with E-state index in [0.717, 1.165) is 40.7 Å². The Kier molecular flexibility index (Phi) is 4.11. The average Bonchev–Trinajstić information content (AvgIpc) is 2.89. The molecule has 3 rings (SSSR count). The Labute approximate surface area is 124 Å². The maximum absolute atomic E-state index is 5.82. The third-order valence-corrected chi connectivity index (χ3v) is 3.82. The van der Waals surface area contributed by atoms with Crippen LogP contribution in [-0.4, -0.2) is 19.2 Å². The van der Waals surface area contributed by atoms with E-state index in [1.54, 1.807) is 0 Å². The quantitative estimate of drug-likeness (QED) is 0.683. The Morgan fingerprint density at radius 3 is 2.76 bits per heavy atom. The summed E-state index contributed by atoms with van der Waals surface area (Å²) in [6, 6.07) is 14.6. The zero-order valence-corrected chi connectivity index (χ0v) is 12.6. The number of nitrogens with one attached hydrogen (secondary N) is 1. The van der Waals surface area contributed by atoms with Crippen LogP contribution in [0.4, 0.5) is 0 Å². The molecule has 0 aliphatic heterocycles. The minimum absolute atomic E-state index is 0.536. The molecule has 21 heavy (non-hydrogen) atoms. The van der Waals surface area contributed by atoms with E-state index in [1.165, 1.54) is 0 Å². The van der Waals surface area contributed by atoms with Gasteiger partial charge in [0.15, 0.2) is 0 Å². The number of hydrogen-bond donors (Lipinski definition) is 1. The van der Waals surface area contributed by atoms with Crippen LogP contribution < -0.4 is 10.1 Å². The lowest BCUT2D eigenvalue weighted by molar-refractivity contribution is 0.306. The molecule has 3 aromatic rings. The molecular weight excluding hydrogens is 262 g/mol. The fourth-order valence-corrected chi connectivity index (χ4v) is 2.41. The summed E-state index contributed by atoms with van der Waals surface area (Å²) in [6.07, 6.45) is 1.13. The highest BCUT2D eigenvalue weighted by atomic mass is 16.5. The second-order valence-corrected chi connectivity index (χ2v) is 5.37. The van der Waals surface area contributed by atoms with Crippen molar-refractivity contribution in [1.82, 2.24) is 5.32 Å². The third-order valence-electron chi connectivity index (χ3n) is 3.82. The zero-order valence-electron chi connectivity index (χ0n) is 12.6. The van der Waals surface area contributed by atoms with Gasteiger partial charge in [-0.05, 0) is 37.6 Å². The molecule has 110 valence electrons. The molecule has 1 aromatic heterocycles. The van der Waals surface area contributed by atoms with Crippen LogP contribution in [0.5, 0.6) is 5.75 Å². The SMILES string of the molecule is CCC(C)NCCOc1ccc2oc3ccccc3c2c1. The first-order valence-electron chi connectivity index (χ1n) is 7.55. The molecule has 0 bridgehead atoms. The minimum atomic E-state index is 0.536. The molecular formula is C18H21NO2. The number of hydrogen-bond acceptors (Lipinski definition) is 3. The number of ether oxygens (including phenoxy) is 1. The molecule has 3 heteroatoms.